The second kappa shape index (κ2) is 17.0. The minimum absolute atomic E-state index is 0.0191. The zero-order valence-electron chi connectivity index (χ0n) is 40.5. The first-order chi connectivity index (χ1) is 30.6. The molecule has 0 aliphatic carbocycles. The first-order valence-corrected chi connectivity index (χ1v) is 22.8. The molecule has 0 saturated carbocycles. The Morgan fingerprint density at radius 1 is 0.246 bits per heavy atom. The lowest BCUT2D eigenvalue weighted by atomic mass is 9.79. The third-order valence-corrected chi connectivity index (χ3v) is 12.1. The van der Waals surface area contributed by atoms with Crippen LogP contribution in [0.3, 0.4) is 0 Å². The Hall–Kier alpha value is -6.66. The molecule has 6 heteroatoms. The molecular formula is C59H62N6. The number of aryl methyl sites for hydroxylation is 1. The van der Waals surface area contributed by atoms with Gasteiger partial charge in [-0.3, -0.25) is 0 Å². The number of rotatable bonds is 7. The van der Waals surface area contributed by atoms with Crippen LogP contribution in [-0.2, 0) is 21.7 Å². The van der Waals surface area contributed by atoms with Crippen LogP contribution in [0.15, 0.2) is 140 Å². The Balaban J connectivity index is 1.20. The average Bonchev–Trinajstić information content (AvgIpc) is 3.27. The van der Waals surface area contributed by atoms with Crippen LogP contribution in [0.25, 0.3) is 79.2 Å². The van der Waals surface area contributed by atoms with E-state index in [9.17, 15) is 0 Å². The summed E-state index contributed by atoms with van der Waals surface area (Å²) in [6.45, 7) is 29.3. The maximum absolute atomic E-state index is 5.15. The Labute approximate surface area is 386 Å². The van der Waals surface area contributed by atoms with E-state index in [-0.39, 0.29) is 21.7 Å². The minimum atomic E-state index is 0.0191. The van der Waals surface area contributed by atoms with Crippen molar-refractivity contribution in [3.05, 3.63) is 168 Å². The van der Waals surface area contributed by atoms with E-state index < -0.39 is 0 Å². The molecule has 2 heterocycles. The van der Waals surface area contributed by atoms with Gasteiger partial charge in [-0.2, -0.15) is 0 Å². The monoisotopic (exact) mass is 855 g/mol. The standard InChI is InChI=1S/C59H62N6/c1-37-60-51(40-17-15-14-16-18-40)62-52(61-37)41-27-29-44(30-28-41)55-64-53(42-23-19-38(20-24-42)45-31-47(56(2,3)4)35-48(32-45)57(5,6)7)63-54(65-55)43-25-21-39(22-26-43)46-33-49(58(8,9)10)36-50(34-46)59(11,12)13/h14-36H,1-13H3. The van der Waals surface area contributed by atoms with Crippen molar-refractivity contribution >= 4 is 0 Å². The van der Waals surface area contributed by atoms with E-state index in [0.717, 1.165) is 38.9 Å². The number of benzene rings is 6. The van der Waals surface area contributed by atoms with Crippen LogP contribution >= 0.6 is 0 Å². The van der Waals surface area contributed by atoms with E-state index in [2.05, 4.69) is 173 Å². The molecular weight excluding hydrogens is 793 g/mol. The molecule has 65 heavy (non-hydrogen) atoms. The fourth-order valence-electron chi connectivity index (χ4n) is 7.80. The zero-order valence-corrected chi connectivity index (χ0v) is 40.5. The Morgan fingerprint density at radius 3 is 0.738 bits per heavy atom. The van der Waals surface area contributed by atoms with Crippen LogP contribution in [0, 0.1) is 6.92 Å². The van der Waals surface area contributed by atoms with Gasteiger partial charge in [0.1, 0.15) is 5.82 Å². The van der Waals surface area contributed by atoms with Crippen LogP contribution in [0.5, 0.6) is 0 Å². The topological polar surface area (TPSA) is 77.3 Å². The molecule has 0 fully saturated rings. The molecule has 0 N–H and O–H groups in total. The van der Waals surface area contributed by atoms with E-state index in [1.165, 1.54) is 33.4 Å². The number of hydrogen-bond donors (Lipinski definition) is 0. The summed E-state index contributed by atoms with van der Waals surface area (Å²) >= 11 is 0. The van der Waals surface area contributed by atoms with Gasteiger partial charge in [0, 0.05) is 27.8 Å². The summed E-state index contributed by atoms with van der Waals surface area (Å²) in [6.07, 6.45) is 0. The second-order valence-corrected chi connectivity index (χ2v) is 21.5. The zero-order chi connectivity index (χ0) is 46.5. The highest BCUT2D eigenvalue weighted by Crippen LogP contribution is 2.37. The van der Waals surface area contributed by atoms with Gasteiger partial charge >= 0.3 is 0 Å². The molecule has 2 aromatic heterocycles. The van der Waals surface area contributed by atoms with Crippen LogP contribution in [0.2, 0.25) is 0 Å². The van der Waals surface area contributed by atoms with Crippen molar-refractivity contribution in [2.24, 2.45) is 0 Å². The highest BCUT2D eigenvalue weighted by atomic mass is 15.0. The van der Waals surface area contributed by atoms with Crippen molar-refractivity contribution in [1.29, 1.82) is 0 Å². The van der Waals surface area contributed by atoms with Gasteiger partial charge in [0.25, 0.3) is 0 Å². The van der Waals surface area contributed by atoms with E-state index in [4.69, 9.17) is 24.9 Å². The van der Waals surface area contributed by atoms with Gasteiger partial charge in [-0.1, -0.05) is 223 Å². The van der Waals surface area contributed by atoms with E-state index in [1.54, 1.807) is 0 Å². The molecule has 8 aromatic rings. The lowest BCUT2D eigenvalue weighted by molar-refractivity contribution is 0.568. The van der Waals surface area contributed by atoms with Gasteiger partial charge in [0.05, 0.1) is 0 Å². The second-order valence-electron chi connectivity index (χ2n) is 21.5. The maximum atomic E-state index is 5.15. The Kier molecular flexibility index (Phi) is 11.8. The van der Waals surface area contributed by atoms with Crippen LogP contribution in [0.1, 0.15) is 111 Å². The van der Waals surface area contributed by atoms with Gasteiger partial charge in [-0.25, -0.2) is 29.9 Å². The third kappa shape index (κ3) is 10.2. The van der Waals surface area contributed by atoms with Crippen molar-refractivity contribution in [3.8, 4) is 79.2 Å². The molecule has 328 valence electrons. The molecule has 0 saturated heterocycles. The molecule has 0 aliphatic heterocycles. The summed E-state index contributed by atoms with van der Waals surface area (Å²) in [7, 11) is 0. The largest absolute Gasteiger partial charge is 0.213 e. The molecule has 0 amide bonds. The molecule has 6 aromatic carbocycles. The Morgan fingerprint density at radius 2 is 0.477 bits per heavy atom. The first kappa shape index (κ1) is 44.9. The summed E-state index contributed by atoms with van der Waals surface area (Å²) in [5.41, 5.74) is 14.6. The average molecular weight is 855 g/mol. The van der Waals surface area contributed by atoms with Crippen molar-refractivity contribution in [2.45, 2.75) is 112 Å². The maximum Gasteiger partial charge on any atom is 0.164 e. The molecule has 0 radical (unpaired) electrons. The third-order valence-electron chi connectivity index (χ3n) is 12.1. The quantitative estimate of drug-likeness (QED) is 0.159. The molecule has 0 atom stereocenters. The highest BCUT2D eigenvalue weighted by molar-refractivity contribution is 5.74. The fourth-order valence-corrected chi connectivity index (χ4v) is 7.80. The predicted molar refractivity (Wildman–Crippen MR) is 271 cm³/mol. The van der Waals surface area contributed by atoms with Gasteiger partial charge in [0.2, 0.25) is 0 Å². The number of hydrogen-bond acceptors (Lipinski definition) is 6. The van der Waals surface area contributed by atoms with E-state index in [0.29, 0.717) is 34.9 Å². The SMILES string of the molecule is Cc1nc(-c2ccccc2)nc(-c2ccc(-c3nc(-c4ccc(-c5cc(C(C)(C)C)cc(C(C)(C)C)c5)cc4)nc(-c4ccc(-c5cc(C(C)(C)C)cc(C(C)(C)C)c5)cc4)n3)cc2)n1. The van der Waals surface area contributed by atoms with Crippen LogP contribution in [-0.4, -0.2) is 29.9 Å². The van der Waals surface area contributed by atoms with Gasteiger partial charge in [-0.05, 0) is 73.1 Å². The molecule has 0 aliphatic rings. The van der Waals surface area contributed by atoms with Gasteiger partial charge < -0.3 is 0 Å². The molecule has 6 nitrogen and oxygen atoms in total. The summed E-state index contributed by atoms with van der Waals surface area (Å²) in [5.74, 6) is 3.73. The molecule has 0 spiro atoms. The van der Waals surface area contributed by atoms with Crippen molar-refractivity contribution in [3.63, 3.8) is 0 Å². The lowest BCUT2D eigenvalue weighted by Crippen LogP contribution is -2.16. The lowest BCUT2D eigenvalue weighted by Gasteiger charge is -2.26. The summed E-state index contributed by atoms with van der Waals surface area (Å²) in [5, 5.41) is 0. The van der Waals surface area contributed by atoms with Gasteiger partial charge in [0.15, 0.2) is 29.1 Å². The smallest absolute Gasteiger partial charge is 0.164 e. The van der Waals surface area contributed by atoms with E-state index >= 15 is 0 Å². The first-order valence-electron chi connectivity index (χ1n) is 22.8. The summed E-state index contributed by atoms with van der Waals surface area (Å²) < 4.78 is 0. The summed E-state index contributed by atoms with van der Waals surface area (Å²) in [6, 6.07) is 49.5. The predicted octanol–water partition coefficient (Wildman–Crippen LogP) is 15.2. The fraction of sp³-hybridized carbons (Fsp3) is 0.288. The van der Waals surface area contributed by atoms with E-state index in [1.807, 2.05) is 61.5 Å². The van der Waals surface area contributed by atoms with Gasteiger partial charge in [-0.15, -0.1) is 0 Å². The molecule has 8 rings (SSSR count). The normalized spacial score (nSPS) is 12.4. The molecule has 0 unspecified atom stereocenters. The van der Waals surface area contributed by atoms with Crippen LogP contribution in [0.4, 0.5) is 0 Å². The van der Waals surface area contributed by atoms with Crippen LogP contribution < -0.4 is 0 Å². The van der Waals surface area contributed by atoms with Crippen molar-refractivity contribution in [2.75, 3.05) is 0 Å². The minimum Gasteiger partial charge on any atom is -0.213 e. The molecule has 0 bridgehead atoms. The summed E-state index contributed by atoms with van der Waals surface area (Å²) in [4.78, 5) is 29.6. The van der Waals surface area contributed by atoms with Crippen molar-refractivity contribution < 1.29 is 0 Å². The van der Waals surface area contributed by atoms with Crippen molar-refractivity contribution in [1.82, 2.24) is 29.9 Å². The highest BCUT2D eigenvalue weighted by Gasteiger charge is 2.23. The number of aromatic nitrogens is 6. The Bertz CT molecular complexity index is 2770. The number of nitrogens with zero attached hydrogens (tertiary/aromatic N) is 6.